The summed E-state index contributed by atoms with van der Waals surface area (Å²) in [5.41, 5.74) is 2.20. The van der Waals surface area contributed by atoms with Crippen LogP contribution in [-0.4, -0.2) is 29.1 Å². The van der Waals surface area contributed by atoms with Crippen LogP contribution < -0.4 is 4.74 Å². The van der Waals surface area contributed by atoms with Crippen molar-refractivity contribution in [3.63, 3.8) is 0 Å². The smallest absolute Gasteiger partial charge is 0.276 e. The highest BCUT2D eigenvalue weighted by Gasteiger charge is 2.25. The summed E-state index contributed by atoms with van der Waals surface area (Å²) in [5, 5.41) is 4.01. The van der Waals surface area contributed by atoms with Crippen molar-refractivity contribution >= 4 is 5.91 Å². The van der Waals surface area contributed by atoms with Gasteiger partial charge in [0.1, 0.15) is 18.1 Å². The van der Waals surface area contributed by atoms with Gasteiger partial charge in [-0.2, -0.15) is 0 Å². The summed E-state index contributed by atoms with van der Waals surface area (Å²) in [7, 11) is 0. The molecule has 5 nitrogen and oxygen atoms in total. The molecule has 1 aromatic carbocycles. The number of nitrogens with zero attached hydrogens (tertiary/aromatic N) is 2. The van der Waals surface area contributed by atoms with Gasteiger partial charge in [-0.15, -0.1) is 0 Å². The lowest BCUT2D eigenvalue weighted by molar-refractivity contribution is 0.0749. The molecule has 24 heavy (non-hydrogen) atoms. The molecule has 0 spiro atoms. The lowest BCUT2D eigenvalue weighted by Gasteiger charge is -2.19. The van der Waals surface area contributed by atoms with E-state index in [0.29, 0.717) is 11.5 Å². The standard InChI is InChI=1S/C19H24N2O3/c1-14-9-5-6-10-17(14)23-13-16-15(2)24-20-18(16)19(22)21-11-7-3-4-8-12-21/h5-6,9-10H,3-4,7-8,11-13H2,1-2H3. The van der Waals surface area contributed by atoms with Crippen LogP contribution in [0.25, 0.3) is 0 Å². The number of benzene rings is 1. The van der Waals surface area contributed by atoms with Gasteiger partial charge in [-0.1, -0.05) is 36.2 Å². The first-order valence-electron chi connectivity index (χ1n) is 8.59. The topological polar surface area (TPSA) is 55.6 Å². The van der Waals surface area contributed by atoms with Gasteiger partial charge >= 0.3 is 0 Å². The van der Waals surface area contributed by atoms with E-state index in [4.69, 9.17) is 9.26 Å². The Morgan fingerprint density at radius 1 is 1.17 bits per heavy atom. The summed E-state index contributed by atoms with van der Waals surface area (Å²) >= 11 is 0. The molecule has 0 radical (unpaired) electrons. The molecule has 0 unspecified atom stereocenters. The van der Waals surface area contributed by atoms with Crippen LogP contribution in [0.15, 0.2) is 28.8 Å². The molecule has 2 heterocycles. The number of hydrogen-bond donors (Lipinski definition) is 0. The Kier molecular flexibility index (Phi) is 5.18. The Balaban J connectivity index is 1.75. The lowest BCUT2D eigenvalue weighted by Crippen LogP contribution is -2.32. The second kappa shape index (κ2) is 7.51. The van der Waals surface area contributed by atoms with E-state index in [-0.39, 0.29) is 12.5 Å². The number of carbonyl (C=O) groups is 1. The van der Waals surface area contributed by atoms with Crippen LogP contribution in [0.2, 0.25) is 0 Å². The highest BCUT2D eigenvalue weighted by Crippen LogP contribution is 2.22. The number of aromatic nitrogens is 1. The van der Waals surface area contributed by atoms with Gasteiger partial charge in [0.2, 0.25) is 0 Å². The summed E-state index contributed by atoms with van der Waals surface area (Å²) in [6.45, 7) is 5.70. The van der Waals surface area contributed by atoms with Crippen LogP contribution in [0.3, 0.4) is 0 Å². The molecule has 1 aliphatic heterocycles. The summed E-state index contributed by atoms with van der Waals surface area (Å²) < 4.78 is 11.2. The molecule has 0 aliphatic carbocycles. The quantitative estimate of drug-likeness (QED) is 0.854. The van der Waals surface area contributed by atoms with Crippen molar-refractivity contribution in [1.29, 1.82) is 0 Å². The van der Waals surface area contributed by atoms with Crippen LogP contribution >= 0.6 is 0 Å². The van der Waals surface area contributed by atoms with Gasteiger partial charge in [-0.05, 0) is 38.3 Å². The lowest BCUT2D eigenvalue weighted by atomic mass is 10.1. The molecule has 0 saturated carbocycles. The number of ether oxygens (including phenoxy) is 1. The largest absolute Gasteiger partial charge is 0.488 e. The minimum atomic E-state index is -0.0443. The Bertz CT molecular complexity index is 700. The van der Waals surface area contributed by atoms with Crippen LogP contribution in [0.4, 0.5) is 0 Å². The second-order valence-electron chi connectivity index (χ2n) is 6.33. The van der Waals surface area contributed by atoms with Crippen molar-refractivity contribution in [2.24, 2.45) is 0 Å². The zero-order valence-electron chi connectivity index (χ0n) is 14.4. The number of amides is 1. The van der Waals surface area contributed by atoms with Gasteiger partial charge in [-0.3, -0.25) is 4.79 Å². The van der Waals surface area contributed by atoms with Crippen molar-refractivity contribution in [1.82, 2.24) is 10.1 Å². The molecule has 5 heteroatoms. The first kappa shape index (κ1) is 16.6. The highest BCUT2D eigenvalue weighted by molar-refractivity contribution is 5.93. The molecule has 128 valence electrons. The maximum absolute atomic E-state index is 12.8. The molecule has 0 atom stereocenters. The third-order valence-corrected chi connectivity index (χ3v) is 4.55. The van der Waals surface area contributed by atoms with E-state index in [2.05, 4.69) is 5.16 Å². The molecule has 1 aliphatic rings. The van der Waals surface area contributed by atoms with E-state index in [1.54, 1.807) is 0 Å². The van der Waals surface area contributed by atoms with E-state index in [0.717, 1.165) is 42.8 Å². The first-order valence-corrected chi connectivity index (χ1v) is 8.59. The Hall–Kier alpha value is -2.30. The first-order chi connectivity index (χ1) is 11.7. The zero-order chi connectivity index (χ0) is 16.9. The van der Waals surface area contributed by atoms with E-state index >= 15 is 0 Å². The second-order valence-corrected chi connectivity index (χ2v) is 6.33. The van der Waals surface area contributed by atoms with E-state index < -0.39 is 0 Å². The van der Waals surface area contributed by atoms with Gasteiger partial charge in [0.15, 0.2) is 5.69 Å². The van der Waals surface area contributed by atoms with E-state index in [9.17, 15) is 4.79 Å². The van der Waals surface area contributed by atoms with Crippen molar-refractivity contribution < 1.29 is 14.1 Å². The van der Waals surface area contributed by atoms with Gasteiger partial charge in [0.25, 0.3) is 5.91 Å². The van der Waals surface area contributed by atoms with Gasteiger partial charge in [-0.25, -0.2) is 0 Å². The average molecular weight is 328 g/mol. The number of likely N-dealkylation sites (tertiary alicyclic amines) is 1. The molecule has 1 aromatic heterocycles. The van der Waals surface area contributed by atoms with E-state index in [1.807, 2.05) is 43.0 Å². The predicted octanol–water partition coefficient (Wildman–Crippen LogP) is 3.89. The molecule has 0 N–H and O–H groups in total. The average Bonchev–Trinajstić information content (AvgIpc) is 2.78. The zero-order valence-corrected chi connectivity index (χ0v) is 14.4. The molecule has 1 fully saturated rings. The number of hydrogen-bond acceptors (Lipinski definition) is 4. The van der Waals surface area contributed by atoms with Crippen LogP contribution in [0.5, 0.6) is 5.75 Å². The van der Waals surface area contributed by atoms with Gasteiger partial charge in [0, 0.05) is 13.1 Å². The Labute approximate surface area is 142 Å². The van der Waals surface area contributed by atoms with Crippen molar-refractivity contribution in [2.75, 3.05) is 13.1 Å². The van der Waals surface area contributed by atoms with Crippen molar-refractivity contribution in [3.8, 4) is 5.75 Å². The minimum Gasteiger partial charge on any atom is -0.488 e. The Morgan fingerprint density at radius 2 is 1.88 bits per heavy atom. The monoisotopic (exact) mass is 328 g/mol. The third-order valence-electron chi connectivity index (χ3n) is 4.55. The number of para-hydroxylation sites is 1. The molecular formula is C19H24N2O3. The van der Waals surface area contributed by atoms with Crippen molar-refractivity contribution in [2.45, 2.75) is 46.1 Å². The van der Waals surface area contributed by atoms with Crippen LogP contribution in [-0.2, 0) is 6.61 Å². The van der Waals surface area contributed by atoms with Crippen LogP contribution in [0, 0.1) is 13.8 Å². The highest BCUT2D eigenvalue weighted by atomic mass is 16.5. The fourth-order valence-electron chi connectivity index (χ4n) is 3.02. The minimum absolute atomic E-state index is 0.0443. The maximum atomic E-state index is 12.8. The summed E-state index contributed by atoms with van der Waals surface area (Å²) in [6, 6.07) is 7.83. The molecule has 0 bridgehead atoms. The maximum Gasteiger partial charge on any atom is 0.276 e. The molecule has 3 rings (SSSR count). The summed E-state index contributed by atoms with van der Waals surface area (Å²) in [4.78, 5) is 14.7. The molecular weight excluding hydrogens is 304 g/mol. The summed E-state index contributed by atoms with van der Waals surface area (Å²) in [5.74, 6) is 1.41. The van der Waals surface area contributed by atoms with Gasteiger partial charge in [0.05, 0.1) is 5.56 Å². The predicted molar refractivity (Wildman–Crippen MR) is 91.1 cm³/mol. The van der Waals surface area contributed by atoms with Gasteiger partial charge < -0.3 is 14.2 Å². The fourth-order valence-corrected chi connectivity index (χ4v) is 3.02. The number of rotatable bonds is 4. The fraction of sp³-hybridized carbons (Fsp3) is 0.474. The molecule has 2 aromatic rings. The number of carbonyl (C=O) groups excluding carboxylic acids is 1. The third kappa shape index (κ3) is 3.61. The van der Waals surface area contributed by atoms with Crippen LogP contribution in [0.1, 0.15) is 53.1 Å². The molecule has 1 amide bonds. The van der Waals surface area contributed by atoms with E-state index in [1.165, 1.54) is 12.8 Å². The Morgan fingerprint density at radius 3 is 2.58 bits per heavy atom. The van der Waals surface area contributed by atoms with Crippen molar-refractivity contribution in [3.05, 3.63) is 46.8 Å². The number of aryl methyl sites for hydroxylation is 2. The SMILES string of the molecule is Cc1ccccc1OCc1c(C(=O)N2CCCCCC2)noc1C. The summed E-state index contributed by atoms with van der Waals surface area (Å²) in [6.07, 6.45) is 4.48. The normalized spacial score (nSPS) is 15.2. The molecule has 1 saturated heterocycles.